The molecule has 3 N–H and O–H groups in total. The maximum atomic E-state index is 11.0. The van der Waals surface area contributed by atoms with Crippen LogP contribution in [0.15, 0.2) is 18.2 Å². The second-order valence-electron chi connectivity index (χ2n) is 2.85. The molecule has 0 aromatic heterocycles. The van der Waals surface area contributed by atoms with E-state index in [1.165, 1.54) is 5.32 Å². The van der Waals surface area contributed by atoms with E-state index in [0.29, 0.717) is 17.2 Å². The molecule has 1 aliphatic heterocycles. The minimum Gasteiger partial charge on any atom is -0.454 e. The fraction of sp³-hybridized carbons (Fsp3) is 0.222. The van der Waals surface area contributed by atoms with E-state index in [1.807, 2.05) is 0 Å². The third kappa shape index (κ3) is 1.62. The molecule has 1 aliphatic rings. The summed E-state index contributed by atoms with van der Waals surface area (Å²) in [5.74, 6) is 1.38. The average Bonchev–Trinajstić information content (AvgIpc) is 2.64. The number of benzene rings is 1. The van der Waals surface area contributed by atoms with Crippen LogP contribution in [-0.4, -0.2) is 19.9 Å². The Kier molecular flexibility index (Phi) is 2.24. The van der Waals surface area contributed by atoms with E-state index in [9.17, 15) is 4.79 Å². The number of fused-ring (bicyclic) bond motifs is 1. The van der Waals surface area contributed by atoms with Crippen molar-refractivity contribution < 1.29 is 19.6 Å². The fourth-order valence-electron chi connectivity index (χ4n) is 1.19. The van der Waals surface area contributed by atoms with Gasteiger partial charge in [0.1, 0.15) is 0 Å². The maximum absolute atomic E-state index is 11.0. The van der Waals surface area contributed by atoms with Gasteiger partial charge in [-0.2, -0.15) is 0 Å². The van der Waals surface area contributed by atoms with Crippen molar-refractivity contribution in [2.75, 3.05) is 19.2 Å². The standard InChI is InChI=1S/C9H10N2O3/c1-10-9(12)11-6-2-3-7-8(4-6)14-5-13-7/h2-4H,5H2,1H3,(H2,10,11,12)/p+1. The first-order valence-corrected chi connectivity index (χ1v) is 4.29. The summed E-state index contributed by atoms with van der Waals surface area (Å²) < 4.78 is 10.3. The number of primary amides is 1. The van der Waals surface area contributed by atoms with Crippen molar-refractivity contribution >= 4 is 11.7 Å². The number of hydrogen-bond acceptors (Lipinski definition) is 3. The number of hydrogen-bond donors (Lipinski definition) is 2. The number of urea groups is 1. The van der Waals surface area contributed by atoms with Crippen molar-refractivity contribution in [1.29, 1.82) is 0 Å². The lowest BCUT2D eigenvalue weighted by molar-refractivity contribution is -0.519. The van der Waals surface area contributed by atoms with Crippen molar-refractivity contribution in [3.63, 3.8) is 0 Å². The Morgan fingerprint density at radius 1 is 1.43 bits per heavy atom. The fourth-order valence-corrected chi connectivity index (χ4v) is 1.19. The number of nitrogens with two attached hydrogens (primary N) is 1. The van der Waals surface area contributed by atoms with Crippen LogP contribution in [0.2, 0.25) is 0 Å². The van der Waals surface area contributed by atoms with Crippen LogP contribution in [0.25, 0.3) is 0 Å². The third-order valence-electron chi connectivity index (χ3n) is 1.90. The predicted molar refractivity (Wildman–Crippen MR) is 49.4 cm³/mol. The molecule has 1 heterocycles. The Morgan fingerprint density at radius 2 is 2.21 bits per heavy atom. The number of carbonyl (C=O) groups excluding carboxylic acids is 1. The molecule has 0 bridgehead atoms. The molecular formula is C9H11N2O3+. The number of rotatable bonds is 1. The highest BCUT2D eigenvalue weighted by atomic mass is 16.7. The van der Waals surface area contributed by atoms with Gasteiger partial charge in [-0.05, 0) is 12.1 Å². The molecule has 0 spiro atoms. The average molecular weight is 195 g/mol. The number of amides is 2. The molecule has 1 aromatic carbocycles. The molecular weight excluding hydrogens is 184 g/mol. The molecule has 0 saturated carbocycles. The number of ether oxygens (including phenoxy) is 2. The molecule has 0 aliphatic carbocycles. The van der Waals surface area contributed by atoms with Gasteiger partial charge in [0.2, 0.25) is 6.79 Å². The van der Waals surface area contributed by atoms with E-state index in [-0.39, 0.29) is 12.8 Å². The smallest absolute Gasteiger partial charge is 0.417 e. The molecule has 5 nitrogen and oxygen atoms in total. The quantitative estimate of drug-likeness (QED) is 0.670. The van der Waals surface area contributed by atoms with E-state index in [0.717, 1.165) is 0 Å². The highest BCUT2D eigenvalue weighted by molar-refractivity contribution is 5.82. The molecule has 2 amide bonds. The van der Waals surface area contributed by atoms with Gasteiger partial charge in [-0.15, -0.1) is 0 Å². The van der Waals surface area contributed by atoms with Crippen molar-refractivity contribution in [2.45, 2.75) is 0 Å². The van der Waals surface area contributed by atoms with Crippen molar-refractivity contribution in [1.82, 2.24) is 0 Å². The van der Waals surface area contributed by atoms with Crippen LogP contribution < -0.4 is 20.1 Å². The summed E-state index contributed by atoms with van der Waals surface area (Å²) in [6, 6.07) is 5.15. The molecule has 0 saturated heterocycles. The zero-order chi connectivity index (χ0) is 9.97. The van der Waals surface area contributed by atoms with Gasteiger partial charge in [-0.25, -0.2) is 4.79 Å². The van der Waals surface area contributed by atoms with Gasteiger partial charge in [0.25, 0.3) is 0 Å². The lowest BCUT2D eigenvalue weighted by Gasteiger charge is -2.01. The van der Waals surface area contributed by atoms with Gasteiger partial charge in [-0.3, -0.25) is 10.6 Å². The molecule has 0 radical (unpaired) electrons. The topological polar surface area (TPSA) is 64.2 Å². The second kappa shape index (κ2) is 3.55. The monoisotopic (exact) mass is 195 g/mol. The Hall–Kier alpha value is -1.75. The largest absolute Gasteiger partial charge is 0.454 e. The minimum atomic E-state index is -0.135. The Morgan fingerprint density at radius 3 is 3.00 bits per heavy atom. The number of carbonyl (C=O) groups is 1. The first-order valence-electron chi connectivity index (χ1n) is 4.29. The first kappa shape index (κ1) is 8.83. The van der Waals surface area contributed by atoms with Crippen LogP contribution in [0.5, 0.6) is 11.5 Å². The SMILES string of the molecule is C[NH2+]C(=O)Nc1ccc2c(c1)OCO2. The lowest BCUT2D eigenvalue weighted by atomic mass is 10.3. The van der Waals surface area contributed by atoms with Crippen LogP contribution in [-0.2, 0) is 0 Å². The number of anilines is 1. The van der Waals surface area contributed by atoms with E-state index >= 15 is 0 Å². The summed E-state index contributed by atoms with van der Waals surface area (Å²) in [5.41, 5.74) is 0.706. The summed E-state index contributed by atoms with van der Waals surface area (Å²) >= 11 is 0. The minimum absolute atomic E-state index is 0.135. The molecule has 5 heteroatoms. The summed E-state index contributed by atoms with van der Waals surface area (Å²) in [4.78, 5) is 11.0. The van der Waals surface area contributed by atoms with Crippen LogP contribution in [0.3, 0.4) is 0 Å². The first-order chi connectivity index (χ1) is 6.79. The summed E-state index contributed by atoms with van der Waals surface area (Å²) in [6.45, 7) is 0.243. The van der Waals surface area contributed by atoms with Crippen LogP contribution in [0.4, 0.5) is 10.5 Å². The van der Waals surface area contributed by atoms with E-state index in [1.54, 1.807) is 25.2 Å². The Bertz CT molecular complexity index is 365. The van der Waals surface area contributed by atoms with E-state index in [2.05, 4.69) is 5.32 Å². The summed E-state index contributed by atoms with van der Waals surface area (Å²) in [5, 5.41) is 4.15. The highest BCUT2D eigenvalue weighted by Gasteiger charge is 2.14. The van der Waals surface area contributed by atoms with Crippen LogP contribution in [0.1, 0.15) is 0 Å². The normalized spacial score (nSPS) is 12.6. The summed E-state index contributed by atoms with van der Waals surface area (Å²) in [6.07, 6.45) is 0. The third-order valence-corrected chi connectivity index (χ3v) is 1.90. The molecule has 0 fully saturated rings. The van der Waals surface area contributed by atoms with Crippen molar-refractivity contribution in [3.8, 4) is 11.5 Å². The van der Waals surface area contributed by atoms with E-state index < -0.39 is 0 Å². The van der Waals surface area contributed by atoms with Gasteiger partial charge >= 0.3 is 6.03 Å². The van der Waals surface area contributed by atoms with Gasteiger partial charge in [0, 0.05) is 6.07 Å². The molecule has 14 heavy (non-hydrogen) atoms. The van der Waals surface area contributed by atoms with Crippen LogP contribution >= 0.6 is 0 Å². The number of quaternary nitrogens is 1. The summed E-state index contributed by atoms with van der Waals surface area (Å²) in [7, 11) is 1.68. The molecule has 0 atom stereocenters. The van der Waals surface area contributed by atoms with Crippen molar-refractivity contribution in [2.24, 2.45) is 0 Å². The number of nitrogens with one attached hydrogen (secondary N) is 1. The van der Waals surface area contributed by atoms with Gasteiger partial charge in [0.15, 0.2) is 11.5 Å². The zero-order valence-electron chi connectivity index (χ0n) is 7.74. The highest BCUT2D eigenvalue weighted by Crippen LogP contribution is 2.33. The van der Waals surface area contributed by atoms with Crippen molar-refractivity contribution in [3.05, 3.63) is 18.2 Å². The zero-order valence-corrected chi connectivity index (χ0v) is 7.74. The van der Waals surface area contributed by atoms with Gasteiger partial charge < -0.3 is 9.47 Å². The van der Waals surface area contributed by atoms with E-state index in [4.69, 9.17) is 9.47 Å². The molecule has 2 rings (SSSR count). The Balaban J connectivity index is 2.16. The van der Waals surface area contributed by atoms with Gasteiger partial charge in [0.05, 0.1) is 12.7 Å². The molecule has 74 valence electrons. The lowest BCUT2D eigenvalue weighted by Crippen LogP contribution is -2.85. The van der Waals surface area contributed by atoms with Crippen LogP contribution in [0, 0.1) is 0 Å². The predicted octanol–water partition coefficient (Wildman–Crippen LogP) is 0.140. The molecule has 1 aromatic rings. The Labute approximate surface area is 81.0 Å². The molecule has 0 unspecified atom stereocenters. The maximum Gasteiger partial charge on any atom is 0.417 e. The second-order valence-corrected chi connectivity index (χ2v) is 2.85. The van der Waals surface area contributed by atoms with Gasteiger partial charge in [-0.1, -0.05) is 0 Å².